The van der Waals surface area contributed by atoms with Gasteiger partial charge in [0.05, 0.1) is 6.07 Å². The van der Waals surface area contributed by atoms with Crippen LogP contribution in [0.3, 0.4) is 0 Å². The fourth-order valence-corrected chi connectivity index (χ4v) is 0.898. The predicted octanol–water partition coefficient (Wildman–Crippen LogP) is 1.37. The summed E-state index contributed by atoms with van der Waals surface area (Å²) in [7, 11) is 3.89. The van der Waals surface area contributed by atoms with Crippen LogP contribution in [0.25, 0.3) is 0 Å². The maximum atomic E-state index is 8.64. The molecule has 0 amide bonds. The smallest absolute Gasteiger partial charge is 0.0965 e. The summed E-state index contributed by atoms with van der Waals surface area (Å²) in [6.45, 7) is 0. The Kier molecular flexibility index (Phi) is 1.96. The molecular weight excluding hydrogens is 124 g/mol. The zero-order valence-corrected chi connectivity index (χ0v) is 6.46. The van der Waals surface area contributed by atoms with Crippen molar-refractivity contribution in [3.05, 3.63) is 11.8 Å². The summed E-state index contributed by atoms with van der Waals surface area (Å²) in [6.07, 6.45) is 4.32. The van der Waals surface area contributed by atoms with Crippen molar-refractivity contribution < 1.29 is 0 Å². The lowest BCUT2D eigenvalue weighted by Gasteiger charge is -2.04. The van der Waals surface area contributed by atoms with Gasteiger partial charge in [-0.1, -0.05) is 0 Å². The first kappa shape index (κ1) is 7.14. The molecule has 1 saturated carbocycles. The molecule has 2 heteroatoms. The minimum Gasteiger partial charge on any atom is -0.383 e. The van der Waals surface area contributed by atoms with E-state index in [2.05, 4.69) is 6.07 Å². The van der Waals surface area contributed by atoms with E-state index in [0.29, 0.717) is 5.92 Å². The fourth-order valence-electron chi connectivity index (χ4n) is 0.898. The lowest BCUT2D eigenvalue weighted by atomic mass is 10.2. The summed E-state index contributed by atoms with van der Waals surface area (Å²) >= 11 is 0. The van der Waals surface area contributed by atoms with Crippen LogP contribution in [-0.2, 0) is 0 Å². The van der Waals surface area contributed by atoms with Crippen molar-refractivity contribution in [3.63, 3.8) is 0 Å². The average Bonchev–Trinajstić information content (AvgIpc) is 2.63. The largest absolute Gasteiger partial charge is 0.383 e. The van der Waals surface area contributed by atoms with Crippen molar-refractivity contribution >= 4 is 0 Å². The standard InChI is InChI=1S/C8H12N2/c1-10(2)6-8(5-9)7-3-4-7/h6-7H,3-4H2,1-2H3/b8-6-. The highest BCUT2D eigenvalue weighted by atomic mass is 15.0. The van der Waals surface area contributed by atoms with Gasteiger partial charge in [0, 0.05) is 25.9 Å². The van der Waals surface area contributed by atoms with Gasteiger partial charge in [-0.05, 0) is 18.8 Å². The Balaban J connectivity index is 2.56. The van der Waals surface area contributed by atoms with Gasteiger partial charge in [0.1, 0.15) is 0 Å². The second-order valence-electron chi connectivity index (χ2n) is 2.93. The monoisotopic (exact) mass is 136 g/mol. The van der Waals surface area contributed by atoms with E-state index >= 15 is 0 Å². The molecule has 0 spiro atoms. The molecule has 0 aliphatic heterocycles. The molecule has 0 aromatic rings. The minimum atomic E-state index is 0.576. The quantitative estimate of drug-likeness (QED) is 0.536. The van der Waals surface area contributed by atoms with Crippen LogP contribution in [0, 0.1) is 17.2 Å². The molecule has 0 N–H and O–H groups in total. The van der Waals surface area contributed by atoms with E-state index in [9.17, 15) is 0 Å². The van der Waals surface area contributed by atoms with Crippen LogP contribution >= 0.6 is 0 Å². The third kappa shape index (κ3) is 1.77. The molecular formula is C8H12N2. The van der Waals surface area contributed by atoms with Gasteiger partial charge in [-0.2, -0.15) is 5.26 Å². The van der Waals surface area contributed by atoms with Gasteiger partial charge in [-0.3, -0.25) is 0 Å². The predicted molar refractivity (Wildman–Crippen MR) is 40.1 cm³/mol. The molecule has 1 aliphatic carbocycles. The number of hydrogen-bond donors (Lipinski definition) is 0. The van der Waals surface area contributed by atoms with Crippen LogP contribution in [0.2, 0.25) is 0 Å². The van der Waals surface area contributed by atoms with Crippen molar-refractivity contribution in [3.8, 4) is 6.07 Å². The van der Waals surface area contributed by atoms with Gasteiger partial charge in [-0.25, -0.2) is 0 Å². The molecule has 0 radical (unpaired) electrons. The topological polar surface area (TPSA) is 27.0 Å². The SMILES string of the molecule is CN(C)/C=C(/C#N)C1CC1. The number of nitriles is 1. The van der Waals surface area contributed by atoms with E-state index in [4.69, 9.17) is 5.26 Å². The summed E-state index contributed by atoms with van der Waals surface area (Å²) in [6, 6.07) is 2.21. The van der Waals surface area contributed by atoms with Crippen molar-refractivity contribution in [2.75, 3.05) is 14.1 Å². The molecule has 1 rings (SSSR count). The Labute approximate surface area is 61.8 Å². The van der Waals surface area contributed by atoms with Gasteiger partial charge in [0.2, 0.25) is 0 Å². The van der Waals surface area contributed by atoms with Crippen molar-refractivity contribution in [1.29, 1.82) is 5.26 Å². The molecule has 0 unspecified atom stereocenters. The highest BCUT2D eigenvalue weighted by Crippen LogP contribution is 2.35. The van der Waals surface area contributed by atoms with E-state index in [0.717, 1.165) is 5.57 Å². The molecule has 0 bridgehead atoms. The van der Waals surface area contributed by atoms with Crippen LogP contribution in [0.4, 0.5) is 0 Å². The first-order valence-electron chi connectivity index (χ1n) is 3.52. The van der Waals surface area contributed by atoms with E-state index in [1.807, 2.05) is 25.2 Å². The molecule has 0 aromatic heterocycles. The lowest BCUT2D eigenvalue weighted by molar-refractivity contribution is 0.556. The van der Waals surface area contributed by atoms with E-state index in [1.165, 1.54) is 12.8 Å². The van der Waals surface area contributed by atoms with Crippen LogP contribution in [0.1, 0.15) is 12.8 Å². The Hall–Kier alpha value is -0.970. The van der Waals surface area contributed by atoms with Crippen LogP contribution in [-0.4, -0.2) is 19.0 Å². The first-order valence-corrected chi connectivity index (χ1v) is 3.52. The average molecular weight is 136 g/mol. The normalized spacial score (nSPS) is 18.3. The van der Waals surface area contributed by atoms with Crippen LogP contribution in [0.15, 0.2) is 11.8 Å². The van der Waals surface area contributed by atoms with Gasteiger partial charge in [0.25, 0.3) is 0 Å². The zero-order valence-electron chi connectivity index (χ0n) is 6.46. The Morgan fingerprint density at radius 3 is 2.50 bits per heavy atom. The van der Waals surface area contributed by atoms with Gasteiger partial charge >= 0.3 is 0 Å². The molecule has 2 nitrogen and oxygen atoms in total. The summed E-state index contributed by atoms with van der Waals surface area (Å²) in [5.74, 6) is 0.576. The molecule has 0 heterocycles. The fraction of sp³-hybridized carbons (Fsp3) is 0.625. The van der Waals surface area contributed by atoms with E-state index in [1.54, 1.807) is 0 Å². The maximum Gasteiger partial charge on any atom is 0.0965 e. The van der Waals surface area contributed by atoms with E-state index in [-0.39, 0.29) is 0 Å². The molecule has 0 atom stereocenters. The molecule has 1 aliphatic rings. The second-order valence-corrected chi connectivity index (χ2v) is 2.93. The van der Waals surface area contributed by atoms with Crippen molar-refractivity contribution in [1.82, 2.24) is 4.90 Å². The van der Waals surface area contributed by atoms with Crippen molar-refractivity contribution in [2.45, 2.75) is 12.8 Å². The summed E-state index contributed by atoms with van der Waals surface area (Å²) < 4.78 is 0. The zero-order chi connectivity index (χ0) is 7.56. The minimum absolute atomic E-state index is 0.576. The third-order valence-electron chi connectivity index (χ3n) is 1.54. The third-order valence-corrected chi connectivity index (χ3v) is 1.54. The molecule has 0 saturated heterocycles. The Bertz CT molecular complexity index is 182. The maximum absolute atomic E-state index is 8.64. The molecule has 10 heavy (non-hydrogen) atoms. The molecule has 54 valence electrons. The highest BCUT2D eigenvalue weighted by Gasteiger charge is 2.25. The summed E-state index contributed by atoms with van der Waals surface area (Å²) in [4.78, 5) is 1.93. The van der Waals surface area contributed by atoms with Crippen LogP contribution in [0.5, 0.6) is 0 Å². The van der Waals surface area contributed by atoms with Gasteiger partial charge in [0.15, 0.2) is 0 Å². The molecule has 0 aromatic carbocycles. The summed E-state index contributed by atoms with van der Waals surface area (Å²) in [5, 5.41) is 8.64. The van der Waals surface area contributed by atoms with Gasteiger partial charge in [-0.15, -0.1) is 0 Å². The van der Waals surface area contributed by atoms with Crippen molar-refractivity contribution in [2.24, 2.45) is 5.92 Å². The summed E-state index contributed by atoms with van der Waals surface area (Å²) in [5.41, 5.74) is 0.935. The Morgan fingerprint density at radius 2 is 2.20 bits per heavy atom. The first-order chi connectivity index (χ1) is 4.74. The number of nitrogens with zero attached hydrogens (tertiary/aromatic N) is 2. The molecule has 1 fully saturated rings. The lowest BCUT2D eigenvalue weighted by Crippen LogP contribution is -2.02. The van der Waals surface area contributed by atoms with E-state index < -0.39 is 0 Å². The highest BCUT2D eigenvalue weighted by molar-refractivity contribution is 5.26. The van der Waals surface area contributed by atoms with Gasteiger partial charge < -0.3 is 4.90 Å². The number of allylic oxidation sites excluding steroid dienone is 1. The number of rotatable bonds is 2. The number of hydrogen-bond acceptors (Lipinski definition) is 2. The van der Waals surface area contributed by atoms with Crippen LogP contribution < -0.4 is 0 Å². The Morgan fingerprint density at radius 1 is 1.60 bits per heavy atom. The second kappa shape index (κ2) is 2.74.